The van der Waals surface area contributed by atoms with E-state index in [0.717, 1.165) is 29.7 Å². The van der Waals surface area contributed by atoms with Crippen LogP contribution in [0.3, 0.4) is 0 Å². The number of nitrogens with zero attached hydrogens (tertiary/aromatic N) is 3. The molecule has 3 aromatic rings. The van der Waals surface area contributed by atoms with Gasteiger partial charge >= 0.3 is 0 Å². The predicted molar refractivity (Wildman–Crippen MR) is 104 cm³/mol. The van der Waals surface area contributed by atoms with Gasteiger partial charge in [0.15, 0.2) is 5.65 Å². The van der Waals surface area contributed by atoms with Gasteiger partial charge in [-0.2, -0.15) is 5.10 Å². The van der Waals surface area contributed by atoms with Crippen molar-refractivity contribution in [2.24, 2.45) is 0 Å². The van der Waals surface area contributed by atoms with E-state index in [0.29, 0.717) is 22.4 Å². The number of halogens is 2. The van der Waals surface area contributed by atoms with Crippen LogP contribution in [-0.4, -0.2) is 20.7 Å². The van der Waals surface area contributed by atoms with Crippen molar-refractivity contribution in [3.05, 3.63) is 52.3 Å². The number of hydrogen-bond donors (Lipinski definition) is 1. The molecule has 0 bridgehead atoms. The third-order valence-corrected chi connectivity index (χ3v) is 5.33. The summed E-state index contributed by atoms with van der Waals surface area (Å²) in [5.41, 5.74) is 4.23. The van der Waals surface area contributed by atoms with E-state index in [1.165, 1.54) is 10.7 Å². The predicted octanol–water partition coefficient (Wildman–Crippen LogP) is 4.81. The van der Waals surface area contributed by atoms with Gasteiger partial charge in [-0.1, -0.05) is 12.1 Å². The zero-order valence-corrected chi connectivity index (χ0v) is 16.1. The first kappa shape index (κ1) is 18.5. The van der Waals surface area contributed by atoms with Crippen molar-refractivity contribution in [1.82, 2.24) is 14.8 Å². The summed E-state index contributed by atoms with van der Waals surface area (Å²) in [4.78, 5) is 17.2. The zero-order valence-electron chi connectivity index (χ0n) is 16.1. The second-order valence-corrected chi connectivity index (χ2v) is 7.45. The fourth-order valence-corrected chi connectivity index (χ4v) is 3.49. The molecule has 0 atom stereocenters. The van der Waals surface area contributed by atoms with Gasteiger partial charge in [0.25, 0.3) is 6.43 Å². The summed E-state index contributed by atoms with van der Waals surface area (Å²) >= 11 is 0. The van der Waals surface area contributed by atoms with E-state index in [2.05, 4.69) is 15.4 Å². The first-order valence-corrected chi connectivity index (χ1v) is 9.37. The molecule has 1 saturated carbocycles. The van der Waals surface area contributed by atoms with Gasteiger partial charge < -0.3 is 5.32 Å². The minimum atomic E-state index is -2.61. The Morgan fingerprint density at radius 2 is 2.04 bits per heavy atom. The number of anilines is 1. The van der Waals surface area contributed by atoms with Crippen LogP contribution in [-0.2, 0) is 11.3 Å². The molecule has 0 unspecified atom stereocenters. The van der Waals surface area contributed by atoms with Crippen LogP contribution in [0.1, 0.15) is 53.3 Å². The minimum absolute atomic E-state index is 0.0504. The van der Waals surface area contributed by atoms with E-state index in [-0.39, 0.29) is 23.9 Å². The average Bonchev–Trinajstić information content (AvgIpc) is 3.44. The maximum atomic E-state index is 13.6. The second kappa shape index (κ2) is 6.96. The number of pyridine rings is 1. The van der Waals surface area contributed by atoms with Gasteiger partial charge in [-0.25, -0.2) is 18.4 Å². The van der Waals surface area contributed by atoms with Crippen LogP contribution < -0.4 is 5.32 Å². The molecule has 28 heavy (non-hydrogen) atoms. The number of amides is 1. The number of hydrogen-bond acceptors (Lipinski definition) is 3. The van der Waals surface area contributed by atoms with E-state index < -0.39 is 6.43 Å². The molecule has 2 heterocycles. The highest BCUT2D eigenvalue weighted by Gasteiger charge is 2.29. The van der Waals surface area contributed by atoms with Crippen molar-refractivity contribution >= 4 is 22.6 Å². The van der Waals surface area contributed by atoms with E-state index in [4.69, 9.17) is 0 Å². The Kier molecular flexibility index (Phi) is 4.61. The van der Waals surface area contributed by atoms with E-state index in [9.17, 15) is 13.6 Å². The van der Waals surface area contributed by atoms with Crippen molar-refractivity contribution in [3.63, 3.8) is 0 Å². The third-order valence-electron chi connectivity index (χ3n) is 5.33. The molecule has 4 rings (SSSR count). The second-order valence-electron chi connectivity index (χ2n) is 7.45. The number of benzene rings is 1. The van der Waals surface area contributed by atoms with Crippen LogP contribution in [0.5, 0.6) is 0 Å². The molecule has 1 N–H and O–H groups in total. The molecular formula is C21H22F2N4O. The lowest BCUT2D eigenvalue weighted by Gasteiger charge is -2.11. The topological polar surface area (TPSA) is 59.8 Å². The van der Waals surface area contributed by atoms with Crippen LogP contribution in [0.2, 0.25) is 0 Å². The first-order chi connectivity index (χ1) is 13.3. The summed E-state index contributed by atoms with van der Waals surface area (Å²) in [6, 6.07) is 7.19. The normalized spacial score (nSPS) is 14.1. The summed E-state index contributed by atoms with van der Waals surface area (Å²) in [6.07, 6.45) is -0.689. The lowest BCUT2D eigenvalue weighted by molar-refractivity contribution is -0.116. The van der Waals surface area contributed by atoms with Crippen LogP contribution in [0, 0.1) is 20.8 Å². The van der Waals surface area contributed by atoms with Crippen molar-refractivity contribution in [3.8, 4) is 0 Å². The Labute approximate surface area is 161 Å². The Bertz CT molecular complexity index is 1070. The van der Waals surface area contributed by atoms with Gasteiger partial charge in [-0.05, 0) is 56.9 Å². The Balaban J connectivity index is 1.68. The molecule has 1 aromatic carbocycles. The molecule has 1 aliphatic rings. The van der Waals surface area contributed by atoms with Crippen molar-refractivity contribution < 1.29 is 13.6 Å². The summed E-state index contributed by atoms with van der Waals surface area (Å²) in [6.45, 7) is 5.51. The molecule has 1 amide bonds. The standard InChI is InChI=1S/C21H22F2N4O/c1-11-5-4-6-16(12(11)2)24-18(28)10-27-21-19(13(3)26-27)15(20(22)23)9-17(25-21)14-7-8-14/h4-6,9,14,20H,7-8,10H2,1-3H3,(H,24,28). The maximum Gasteiger partial charge on any atom is 0.264 e. The van der Waals surface area contributed by atoms with Gasteiger partial charge in [-0.15, -0.1) is 0 Å². The lowest BCUT2D eigenvalue weighted by atomic mass is 10.1. The summed E-state index contributed by atoms with van der Waals surface area (Å²) in [5, 5.41) is 7.57. The number of rotatable bonds is 5. The molecular weight excluding hydrogens is 362 g/mol. The summed E-state index contributed by atoms with van der Waals surface area (Å²) < 4.78 is 28.7. The first-order valence-electron chi connectivity index (χ1n) is 9.37. The Morgan fingerprint density at radius 3 is 2.71 bits per heavy atom. The van der Waals surface area contributed by atoms with Crippen LogP contribution in [0.4, 0.5) is 14.5 Å². The Hall–Kier alpha value is -2.83. The maximum absolute atomic E-state index is 13.6. The smallest absolute Gasteiger partial charge is 0.264 e. The number of nitrogens with one attached hydrogen (secondary N) is 1. The van der Waals surface area contributed by atoms with Gasteiger partial charge in [0.2, 0.25) is 5.91 Å². The highest BCUT2D eigenvalue weighted by molar-refractivity contribution is 5.92. The van der Waals surface area contributed by atoms with Gasteiger partial charge in [-0.3, -0.25) is 4.79 Å². The largest absolute Gasteiger partial charge is 0.324 e. The molecule has 2 aromatic heterocycles. The lowest BCUT2D eigenvalue weighted by Crippen LogP contribution is -2.20. The fourth-order valence-electron chi connectivity index (χ4n) is 3.49. The molecule has 1 fully saturated rings. The zero-order chi connectivity index (χ0) is 20.0. The molecule has 146 valence electrons. The van der Waals surface area contributed by atoms with Crippen LogP contribution in [0.15, 0.2) is 24.3 Å². The third kappa shape index (κ3) is 3.37. The number of carbonyl (C=O) groups is 1. The van der Waals surface area contributed by atoms with Crippen molar-refractivity contribution in [2.45, 2.75) is 52.5 Å². The molecule has 5 nitrogen and oxygen atoms in total. The quantitative estimate of drug-likeness (QED) is 0.687. The van der Waals surface area contributed by atoms with Gasteiger partial charge in [0.1, 0.15) is 6.54 Å². The molecule has 7 heteroatoms. The van der Waals surface area contributed by atoms with E-state index >= 15 is 0 Å². The minimum Gasteiger partial charge on any atom is -0.324 e. The SMILES string of the molecule is Cc1cccc(NC(=O)Cn2nc(C)c3c(C(F)F)cc(C4CC4)nc32)c1C. The average molecular weight is 384 g/mol. The van der Waals surface area contributed by atoms with Gasteiger partial charge in [0.05, 0.1) is 11.1 Å². The van der Waals surface area contributed by atoms with E-state index in [1.807, 2.05) is 32.0 Å². The fraction of sp³-hybridized carbons (Fsp3) is 0.381. The number of aryl methyl sites for hydroxylation is 2. The molecule has 0 spiro atoms. The summed E-state index contributed by atoms with van der Waals surface area (Å²) in [7, 11) is 0. The number of alkyl halides is 2. The van der Waals surface area contributed by atoms with Crippen molar-refractivity contribution in [1.29, 1.82) is 0 Å². The number of carbonyl (C=O) groups excluding carboxylic acids is 1. The number of aromatic nitrogens is 3. The van der Waals surface area contributed by atoms with Gasteiger partial charge in [0, 0.05) is 22.9 Å². The van der Waals surface area contributed by atoms with E-state index in [1.54, 1.807) is 6.92 Å². The molecule has 0 radical (unpaired) electrons. The molecule has 1 aliphatic carbocycles. The van der Waals surface area contributed by atoms with Crippen LogP contribution >= 0.6 is 0 Å². The van der Waals surface area contributed by atoms with Crippen molar-refractivity contribution in [2.75, 3.05) is 5.32 Å². The Morgan fingerprint density at radius 1 is 1.29 bits per heavy atom. The highest BCUT2D eigenvalue weighted by atomic mass is 19.3. The molecule has 0 aliphatic heterocycles. The molecule has 0 saturated heterocycles. The highest BCUT2D eigenvalue weighted by Crippen LogP contribution is 2.41. The summed E-state index contributed by atoms with van der Waals surface area (Å²) in [5.74, 6) is -0.0374. The van der Waals surface area contributed by atoms with Crippen LogP contribution in [0.25, 0.3) is 11.0 Å². The monoisotopic (exact) mass is 384 g/mol. The number of fused-ring (bicyclic) bond motifs is 1.